The Hall–Kier alpha value is -1.36. The van der Waals surface area contributed by atoms with Crippen LogP contribution in [0, 0.1) is 11.3 Å². The van der Waals surface area contributed by atoms with E-state index in [1.165, 1.54) is 6.42 Å². The Morgan fingerprint density at radius 1 is 1.31 bits per heavy atom. The van der Waals surface area contributed by atoms with E-state index in [4.69, 9.17) is 4.74 Å². The summed E-state index contributed by atoms with van der Waals surface area (Å²) < 4.78 is 5.87. The summed E-state index contributed by atoms with van der Waals surface area (Å²) in [4.78, 5) is 27.9. The highest BCUT2D eigenvalue weighted by atomic mass is 16.5. The second kappa shape index (κ2) is 8.55. The summed E-state index contributed by atoms with van der Waals surface area (Å²) in [7, 11) is 0. The van der Waals surface area contributed by atoms with Gasteiger partial charge in [-0.2, -0.15) is 0 Å². The number of nitrogens with one attached hydrogen (secondary N) is 1. The highest BCUT2D eigenvalue weighted by molar-refractivity contribution is 5.97. The molecule has 2 atom stereocenters. The van der Waals surface area contributed by atoms with Gasteiger partial charge >= 0.3 is 6.03 Å². The van der Waals surface area contributed by atoms with Crippen LogP contribution in [0.2, 0.25) is 0 Å². The van der Waals surface area contributed by atoms with Crippen molar-refractivity contribution in [2.75, 3.05) is 6.61 Å². The van der Waals surface area contributed by atoms with Crippen LogP contribution in [-0.2, 0) is 9.53 Å². The van der Waals surface area contributed by atoms with Gasteiger partial charge < -0.3 is 4.74 Å². The molecule has 2 aliphatic rings. The van der Waals surface area contributed by atoms with E-state index in [1.807, 2.05) is 19.9 Å². The van der Waals surface area contributed by atoms with Gasteiger partial charge in [-0.3, -0.25) is 15.0 Å². The van der Waals surface area contributed by atoms with Crippen LogP contribution in [0.15, 0.2) is 12.7 Å². The molecule has 3 amide bonds. The molecule has 5 nitrogen and oxygen atoms in total. The topological polar surface area (TPSA) is 58.6 Å². The van der Waals surface area contributed by atoms with Crippen molar-refractivity contribution in [3.05, 3.63) is 12.7 Å². The molecular formula is C21H36N2O3. The third kappa shape index (κ3) is 4.30. The number of carbonyl (C=O) groups excluding carboxylic acids is 2. The number of rotatable bonds is 6. The van der Waals surface area contributed by atoms with Crippen molar-refractivity contribution in [3.63, 3.8) is 0 Å². The van der Waals surface area contributed by atoms with Crippen molar-refractivity contribution in [1.82, 2.24) is 10.2 Å². The number of carbonyl (C=O) groups is 2. The smallest absolute Gasteiger partial charge is 0.326 e. The average molecular weight is 365 g/mol. The predicted molar refractivity (Wildman–Crippen MR) is 104 cm³/mol. The van der Waals surface area contributed by atoms with Gasteiger partial charge in [0.25, 0.3) is 0 Å². The van der Waals surface area contributed by atoms with Gasteiger partial charge in [0.1, 0.15) is 5.72 Å². The van der Waals surface area contributed by atoms with Gasteiger partial charge in [-0.05, 0) is 45.4 Å². The summed E-state index contributed by atoms with van der Waals surface area (Å²) in [5.41, 5.74) is -1.13. The lowest BCUT2D eigenvalue weighted by Crippen LogP contribution is -2.57. The summed E-state index contributed by atoms with van der Waals surface area (Å²) >= 11 is 0. The first-order chi connectivity index (χ1) is 12.3. The summed E-state index contributed by atoms with van der Waals surface area (Å²) in [6.45, 7) is 12.3. The van der Waals surface area contributed by atoms with Crippen molar-refractivity contribution >= 4 is 11.9 Å². The fourth-order valence-electron chi connectivity index (χ4n) is 4.41. The molecule has 0 aromatic rings. The van der Waals surface area contributed by atoms with Gasteiger partial charge in [0.15, 0.2) is 0 Å². The van der Waals surface area contributed by atoms with Crippen LogP contribution in [0.5, 0.6) is 0 Å². The summed E-state index contributed by atoms with van der Waals surface area (Å²) in [6.07, 6.45) is 9.37. The first kappa shape index (κ1) is 20.9. The second-order valence-corrected chi connectivity index (χ2v) is 8.51. The van der Waals surface area contributed by atoms with Crippen molar-refractivity contribution in [2.24, 2.45) is 11.3 Å². The molecule has 0 spiro atoms. The number of allylic oxidation sites excluding steroid dienone is 1. The van der Waals surface area contributed by atoms with E-state index in [0.717, 1.165) is 44.9 Å². The van der Waals surface area contributed by atoms with E-state index in [-0.39, 0.29) is 18.0 Å². The molecule has 1 aliphatic heterocycles. The van der Waals surface area contributed by atoms with Crippen molar-refractivity contribution in [2.45, 2.75) is 90.8 Å². The van der Waals surface area contributed by atoms with Crippen LogP contribution >= 0.6 is 0 Å². The van der Waals surface area contributed by atoms with E-state index in [2.05, 4.69) is 25.7 Å². The minimum atomic E-state index is -0.695. The number of urea groups is 1. The zero-order valence-corrected chi connectivity index (χ0v) is 17.0. The maximum Gasteiger partial charge on any atom is 0.326 e. The minimum absolute atomic E-state index is 0.00159. The van der Waals surface area contributed by atoms with Crippen LogP contribution in [0.1, 0.15) is 79.1 Å². The first-order valence-electron chi connectivity index (χ1n) is 10.2. The second-order valence-electron chi connectivity index (χ2n) is 8.51. The Morgan fingerprint density at radius 2 is 1.96 bits per heavy atom. The van der Waals surface area contributed by atoms with Gasteiger partial charge in [0, 0.05) is 5.41 Å². The molecule has 26 heavy (non-hydrogen) atoms. The van der Waals surface area contributed by atoms with Crippen molar-refractivity contribution in [3.8, 4) is 0 Å². The molecule has 0 bridgehead atoms. The lowest BCUT2D eigenvalue weighted by atomic mass is 9.70. The molecular weight excluding hydrogens is 328 g/mol. The van der Waals surface area contributed by atoms with E-state index in [1.54, 1.807) is 4.90 Å². The molecule has 1 heterocycles. The van der Waals surface area contributed by atoms with E-state index in [0.29, 0.717) is 12.5 Å². The predicted octanol–water partition coefficient (Wildman–Crippen LogP) is 4.62. The van der Waals surface area contributed by atoms with Crippen LogP contribution in [0.4, 0.5) is 4.79 Å². The molecule has 5 heteroatoms. The van der Waals surface area contributed by atoms with Crippen LogP contribution < -0.4 is 5.32 Å². The van der Waals surface area contributed by atoms with Crippen LogP contribution in [0.3, 0.4) is 0 Å². The fourth-order valence-corrected chi connectivity index (χ4v) is 4.41. The Morgan fingerprint density at radius 3 is 2.54 bits per heavy atom. The van der Waals surface area contributed by atoms with Gasteiger partial charge in [0.2, 0.25) is 5.91 Å². The van der Waals surface area contributed by atoms with Gasteiger partial charge in [0.05, 0.1) is 12.6 Å². The summed E-state index contributed by atoms with van der Waals surface area (Å²) in [5, 5.41) is 2.74. The normalized spacial score (nSPS) is 25.5. The molecule has 0 radical (unpaired) electrons. The lowest BCUT2D eigenvalue weighted by Gasteiger charge is -2.39. The monoisotopic (exact) mass is 364 g/mol. The minimum Gasteiger partial charge on any atom is -0.354 e. The Kier molecular flexibility index (Phi) is 6.89. The van der Waals surface area contributed by atoms with E-state index in [9.17, 15) is 9.59 Å². The molecule has 0 aromatic carbocycles. The zero-order chi connectivity index (χ0) is 19.4. The van der Waals surface area contributed by atoms with E-state index >= 15 is 0 Å². The maximum atomic E-state index is 13.1. The molecule has 1 saturated heterocycles. The Bertz CT molecular complexity index is 523. The van der Waals surface area contributed by atoms with Crippen molar-refractivity contribution < 1.29 is 14.3 Å². The third-order valence-electron chi connectivity index (χ3n) is 6.38. The summed E-state index contributed by atoms with van der Waals surface area (Å²) in [6, 6.07) is -0.315. The molecule has 0 unspecified atom stereocenters. The number of amides is 3. The van der Waals surface area contributed by atoms with Crippen LogP contribution in [-0.4, -0.2) is 35.2 Å². The number of imide groups is 1. The largest absolute Gasteiger partial charge is 0.354 e. The molecule has 2 fully saturated rings. The van der Waals surface area contributed by atoms with Gasteiger partial charge in [-0.15, -0.1) is 6.58 Å². The van der Waals surface area contributed by atoms with E-state index < -0.39 is 11.1 Å². The zero-order valence-electron chi connectivity index (χ0n) is 17.0. The van der Waals surface area contributed by atoms with Crippen LogP contribution in [0.25, 0.3) is 0 Å². The third-order valence-corrected chi connectivity index (χ3v) is 6.38. The quantitative estimate of drug-likeness (QED) is 0.700. The summed E-state index contributed by atoms with van der Waals surface area (Å²) in [5.74, 6) is 0.205. The fraction of sp³-hybridized carbons (Fsp3) is 0.810. The van der Waals surface area contributed by atoms with Gasteiger partial charge in [-0.25, -0.2) is 4.79 Å². The first-order valence-corrected chi connectivity index (χ1v) is 10.2. The number of nitrogens with zero attached hydrogens (tertiary/aromatic N) is 1. The lowest BCUT2D eigenvalue weighted by molar-refractivity contribution is -0.132. The number of hydrogen-bond donors (Lipinski definition) is 1. The van der Waals surface area contributed by atoms with Crippen molar-refractivity contribution in [1.29, 1.82) is 0 Å². The Balaban J connectivity index is 2.14. The molecule has 1 saturated carbocycles. The maximum absolute atomic E-state index is 13.1. The SMILES string of the molecule is C=CCCC1(C(=O)NC(=O)N2[C@@H]([C@H](C)CC)COC2(C)C)CCCCC1. The molecule has 2 rings (SSSR count). The highest BCUT2D eigenvalue weighted by Crippen LogP contribution is 2.41. The molecule has 1 N–H and O–H groups in total. The average Bonchev–Trinajstić information content (AvgIpc) is 2.95. The highest BCUT2D eigenvalue weighted by Gasteiger charge is 2.47. The molecule has 148 valence electrons. The van der Waals surface area contributed by atoms with Gasteiger partial charge in [-0.1, -0.05) is 45.6 Å². The standard InChI is InChI=1S/C21H36N2O3/c1-6-8-12-21(13-10-9-11-14-21)18(24)22-19(25)23-17(16(3)7-2)15-26-20(23,4)5/h6,16-17H,1,7-15H2,2-5H3,(H,22,24,25)/t16-,17-/m1/s1. The number of hydrogen-bond acceptors (Lipinski definition) is 3. The molecule has 1 aliphatic carbocycles. The molecule has 0 aromatic heterocycles. The number of ether oxygens (including phenoxy) is 1. The Labute approximate surface area is 158 Å².